The Labute approximate surface area is 123 Å². The van der Waals surface area contributed by atoms with E-state index in [9.17, 15) is 0 Å². The van der Waals surface area contributed by atoms with Gasteiger partial charge >= 0.3 is 0 Å². The Bertz CT molecular complexity index is 759. The quantitative estimate of drug-likeness (QED) is 0.771. The van der Waals surface area contributed by atoms with Gasteiger partial charge in [0.05, 0.1) is 0 Å². The number of fused-ring (bicyclic) bond motifs is 1. The Morgan fingerprint density at radius 1 is 1.10 bits per heavy atom. The van der Waals surface area contributed by atoms with Crippen LogP contribution in [-0.4, -0.2) is 4.57 Å². The van der Waals surface area contributed by atoms with E-state index in [4.69, 9.17) is 17.3 Å². The molecule has 2 N–H and O–H groups in total. The van der Waals surface area contributed by atoms with Gasteiger partial charge in [0.15, 0.2) is 0 Å². The van der Waals surface area contributed by atoms with Gasteiger partial charge in [0.2, 0.25) is 0 Å². The number of benzene rings is 2. The number of hydrogen-bond donors (Lipinski definition) is 1. The highest BCUT2D eigenvalue weighted by Crippen LogP contribution is 2.24. The lowest BCUT2D eigenvalue weighted by Crippen LogP contribution is -1.99. The maximum atomic E-state index is 6.33. The SMILES string of the molecule is Cc1ccc(Cn2cc(CN)c3ccccc32)c(Cl)c1. The Kier molecular flexibility index (Phi) is 3.51. The summed E-state index contributed by atoms with van der Waals surface area (Å²) in [6, 6.07) is 14.5. The lowest BCUT2D eigenvalue weighted by atomic mass is 10.1. The molecule has 0 unspecified atom stereocenters. The standard InChI is InChI=1S/C17H17ClN2/c1-12-6-7-13(16(18)8-12)10-20-11-14(9-19)15-4-2-3-5-17(15)20/h2-8,11H,9-10,19H2,1H3. The summed E-state index contributed by atoms with van der Waals surface area (Å²) in [5.74, 6) is 0. The zero-order valence-electron chi connectivity index (χ0n) is 11.4. The van der Waals surface area contributed by atoms with E-state index in [2.05, 4.69) is 41.1 Å². The van der Waals surface area contributed by atoms with Crippen LogP contribution in [0.15, 0.2) is 48.7 Å². The number of halogens is 1. The van der Waals surface area contributed by atoms with E-state index in [1.165, 1.54) is 22.0 Å². The van der Waals surface area contributed by atoms with Gasteiger partial charge in [-0.3, -0.25) is 0 Å². The highest BCUT2D eigenvalue weighted by atomic mass is 35.5. The van der Waals surface area contributed by atoms with Gasteiger partial charge in [0, 0.05) is 35.2 Å². The number of rotatable bonds is 3. The molecule has 2 aromatic carbocycles. The molecule has 1 heterocycles. The first kappa shape index (κ1) is 13.2. The van der Waals surface area contributed by atoms with Crippen LogP contribution in [0.5, 0.6) is 0 Å². The van der Waals surface area contributed by atoms with Crippen molar-refractivity contribution >= 4 is 22.5 Å². The molecule has 0 spiro atoms. The van der Waals surface area contributed by atoms with E-state index in [-0.39, 0.29) is 0 Å². The third kappa shape index (κ3) is 2.33. The van der Waals surface area contributed by atoms with Crippen LogP contribution in [0.4, 0.5) is 0 Å². The first-order chi connectivity index (χ1) is 9.69. The van der Waals surface area contributed by atoms with Gasteiger partial charge in [0.1, 0.15) is 0 Å². The van der Waals surface area contributed by atoms with Gasteiger partial charge in [-0.15, -0.1) is 0 Å². The maximum Gasteiger partial charge on any atom is 0.0491 e. The summed E-state index contributed by atoms with van der Waals surface area (Å²) in [6.45, 7) is 3.36. The van der Waals surface area contributed by atoms with Crippen LogP contribution in [0.3, 0.4) is 0 Å². The lowest BCUT2D eigenvalue weighted by molar-refractivity contribution is 0.829. The van der Waals surface area contributed by atoms with Crippen molar-refractivity contribution in [2.24, 2.45) is 5.73 Å². The van der Waals surface area contributed by atoms with Gasteiger partial charge in [-0.25, -0.2) is 0 Å². The lowest BCUT2D eigenvalue weighted by Gasteiger charge is -2.08. The second-order valence-corrected chi connectivity index (χ2v) is 5.51. The molecular formula is C17H17ClN2. The summed E-state index contributed by atoms with van der Waals surface area (Å²) in [7, 11) is 0. The number of nitrogens with two attached hydrogens (primary N) is 1. The molecule has 0 saturated carbocycles. The molecule has 3 aromatic rings. The zero-order valence-corrected chi connectivity index (χ0v) is 12.2. The first-order valence-electron chi connectivity index (χ1n) is 6.71. The number of aryl methyl sites for hydroxylation is 1. The molecule has 1 aromatic heterocycles. The fraction of sp³-hybridized carbons (Fsp3) is 0.176. The Morgan fingerprint density at radius 3 is 2.65 bits per heavy atom. The zero-order chi connectivity index (χ0) is 14.1. The van der Waals surface area contributed by atoms with Gasteiger partial charge in [-0.2, -0.15) is 0 Å². The topological polar surface area (TPSA) is 30.9 Å². The van der Waals surface area contributed by atoms with E-state index in [0.29, 0.717) is 6.54 Å². The average Bonchev–Trinajstić information content (AvgIpc) is 2.80. The fourth-order valence-corrected chi connectivity index (χ4v) is 2.88. The number of para-hydroxylation sites is 1. The maximum absolute atomic E-state index is 6.33. The molecule has 3 rings (SSSR count). The number of aromatic nitrogens is 1. The minimum absolute atomic E-state index is 0.551. The van der Waals surface area contributed by atoms with Crippen LogP contribution in [0.25, 0.3) is 10.9 Å². The van der Waals surface area contributed by atoms with Crippen molar-refractivity contribution in [3.05, 3.63) is 70.4 Å². The van der Waals surface area contributed by atoms with Gasteiger partial charge < -0.3 is 10.3 Å². The van der Waals surface area contributed by atoms with Crippen molar-refractivity contribution in [3.8, 4) is 0 Å². The van der Waals surface area contributed by atoms with E-state index in [1.54, 1.807) is 0 Å². The minimum atomic E-state index is 0.551. The molecule has 0 aliphatic carbocycles. The molecule has 0 atom stereocenters. The summed E-state index contributed by atoms with van der Waals surface area (Å²) < 4.78 is 2.22. The molecule has 0 fully saturated rings. The third-order valence-corrected chi connectivity index (χ3v) is 3.99. The molecule has 0 aliphatic rings. The molecule has 0 amide bonds. The van der Waals surface area contributed by atoms with Crippen molar-refractivity contribution in [2.45, 2.75) is 20.0 Å². The van der Waals surface area contributed by atoms with E-state index < -0.39 is 0 Å². The summed E-state index contributed by atoms with van der Waals surface area (Å²) in [5, 5.41) is 2.04. The van der Waals surface area contributed by atoms with E-state index in [1.807, 2.05) is 19.1 Å². The fourth-order valence-electron chi connectivity index (χ4n) is 2.58. The van der Waals surface area contributed by atoms with Crippen LogP contribution in [0, 0.1) is 6.92 Å². The molecule has 0 bridgehead atoms. The van der Waals surface area contributed by atoms with Crippen LogP contribution in [0.1, 0.15) is 16.7 Å². The molecule has 102 valence electrons. The molecule has 0 radical (unpaired) electrons. The third-order valence-electron chi connectivity index (χ3n) is 3.64. The minimum Gasteiger partial charge on any atom is -0.343 e. The summed E-state index contributed by atoms with van der Waals surface area (Å²) in [6.07, 6.45) is 2.13. The highest BCUT2D eigenvalue weighted by Gasteiger charge is 2.08. The summed E-state index contributed by atoms with van der Waals surface area (Å²) >= 11 is 6.33. The predicted octanol–water partition coefficient (Wildman–Crippen LogP) is 4.11. The van der Waals surface area contributed by atoms with E-state index >= 15 is 0 Å². The Balaban J connectivity index is 2.06. The monoisotopic (exact) mass is 284 g/mol. The molecule has 0 aliphatic heterocycles. The van der Waals surface area contributed by atoms with Gasteiger partial charge in [-0.05, 0) is 35.7 Å². The molecular weight excluding hydrogens is 268 g/mol. The molecule has 2 nitrogen and oxygen atoms in total. The second kappa shape index (κ2) is 5.31. The van der Waals surface area contributed by atoms with E-state index in [0.717, 1.165) is 17.1 Å². The largest absolute Gasteiger partial charge is 0.343 e. The van der Waals surface area contributed by atoms with Crippen molar-refractivity contribution in [1.29, 1.82) is 0 Å². The first-order valence-corrected chi connectivity index (χ1v) is 7.08. The Hall–Kier alpha value is -1.77. The van der Waals surface area contributed by atoms with Crippen molar-refractivity contribution < 1.29 is 0 Å². The molecule has 20 heavy (non-hydrogen) atoms. The molecule has 3 heteroatoms. The van der Waals surface area contributed by atoms with Gasteiger partial charge in [-0.1, -0.05) is 41.9 Å². The Morgan fingerprint density at radius 2 is 1.90 bits per heavy atom. The normalized spacial score (nSPS) is 11.2. The van der Waals surface area contributed by atoms with Crippen molar-refractivity contribution in [3.63, 3.8) is 0 Å². The van der Waals surface area contributed by atoms with Crippen LogP contribution in [-0.2, 0) is 13.1 Å². The summed E-state index contributed by atoms with van der Waals surface area (Å²) in [5.41, 5.74) is 10.5. The van der Waals surface area contributed by atoms with Gasteiger partial charge in [0.25, 0.3) is 0 Å². The average molecular weight is 285 g/mol. The second-order valence-electron chi connectivity index (χ2n) is 5.10. The van der Waals surface area contributed by atoms with Crippen LogP contribution < -0.4 is 5.73 Å². The van der Waals surface area contributed by atoms with Crippen LogP contribution >= 0.6 is 11.6 Å². The number of nitrogens with zero attached hydrogens (tertiary/aromatic N) is 1. The van der Waals surface area contributed by atoms with Crippen LogP contribution in [0.2, 0.25) is 5.02 Å². The molecule has 0 saturated heterocycles. The smallest absolute Gasteiger partial charge is 0.0491 e. The number of hydrogen-bond acceptors (Lipinski definition) is 1. The highest BCUT2D eigenvalue weighted by molar-refractivity contribution is 6.31. The van der Waals surface area contributed by atoms with Crippen molar-refractivity contribution in [2.75, 3.05) is 0 Å². The van der Waals surface area contributed by atoms with Crippen molar-refractivity contribution in [1.82, 2.24) is 4.57 Å². The summed E-state index contributed by atoms with van der Waals surface area (Å²) in [4.78, 5) is 0. The predicted molar refractivity (Wildman–Crippen MR) is 85.1 cm³/mol.